The van der Waals surface area contributed by atoms with Crippen LogP contribution >= 0.6 is 0 Å². The number of carbonyl (C=O) groups is 3. The standard InChI is InChI=1S/C20H25N5O5/c26-18(23-17(19(27)28)11-15-12-21-13-22-15)16(10-14-4-2-1-3-5-14)24-20(29)25-6-8-30-9-7-25/h1-5,12-13,16-17H,6-11H2,(H,21,22)(H,23,26)(H,24,29)(H,27,28)/t16-,17-/m0/s1. The lowest BCUT2D eigenvalue weighted by molar-refractivity contribution is -0.142. The molecule has 0 spiro atoms. The summed E-state index contributed by atoms with van der Waals surface area (Å²) in [5.41, 5.74) is 1.43. The highest BCUT2D eigenvalue weighted by molar-refractivity contribution is 5.90. The molecular formula is C20H25N5O5. The smallest absolute Gasteiger partial charge is 0.326 e. The van der Waals surface area contributed by atoms with Crippen molar-refractivity contribution in [2.75, 3.05) is 26.3 Å². The van der Waals surface area contributed by atoms with E-state index >= 15 is 0 Å². The SMILES string of the molecule is O=C(O)[C@H](Cc1cnc[nH]1)NC(=O)[C@H](Cc1ccccc1)NC(=O)N1CCOCC1. The normalized spacial score (nSPS) is 15.8. The number of ether oxygens (including phenoxy) is 1. The highest BCUT2D eigenvalue weighted by atomic mass is 16.5. The van der Waals surface area contributed by atoms with E-state index in [-0.39, 0.29) is 18.9 Å². The van der Waals surface area contributed by atoms with Crippen molar-refractivity contribution >= 4 is 17.9 Å². The highest BCUT2D eigenvalue weighted by Gasteiger charge is 2.29. The molecule has 2 aromatic rings. The van der Waals surface area contributed by atoms with Crippen molar-refractivity contribution in [3.63, 3.8) is 0 Å². The van der Waals surface area contributed by atoms with Crippen LogP contribution in [0.4, 0.5) is 4.79 Å². The van der Waals surface area contributed by atoms with Crippen LogP contribution in [-0.2, 0) is 27.2 Å². The molecule has 0 aliphatic carbocycles. The third-order valence-corrected chi connectivity index (χ3v) is 4.79. The van der Waals surface area contributed by atoms with Gasteiger partial charge in [-0.05, 0) is 5.56 Å². The van der Waals surface area contributed by atoms with Crippen LogP contribution in [0.2, 0.25) is 0 Å². The Balaban J connectivity index is 1.70. The number of carbonyl (C=O) groups excluding carboxylic acids is 2. The van der Waals surface area contributed by atoms with E-state index in [0.29, 0.717) is 32.0 Å². The zero-order valence-corrected chi connectivity index (χ0v) is 16.4. The van der Waals surface area contributed by atoms with Gasteiger partial charge < -0.3 is 30.4 Å². The Kier molecular flexibility index (Phi) is 7.39. The summed E-state index contributed by atoms with van der Waals surface area (Å²) in [7, 11) is 0. The predicted molar refractivity (Wildman–Crippen MR) is 107 cm³/mol. The molecule has 4 N–H and O–H groups in total. The number of carboxylic acids is 1. The number of aliphatic carboxylic acids is 1. The number of nitrogens with zero attached hydrogens (tertiary/aromatic N) is 2. The van der Waals surface area contributed by atoms with E-state index in [0.717, 1.165) is 5.56 Å². The van der Waals surface area contributed by atoms with E-state index in [4.69, 9.17) is 4.74 Å². The first-order valence-corrected chi connectivity index (χ1v) is 9.70. The van der Waals surface area contributed by atoms with Gasteiger partial charge in [0.15, 0.2) is 0 Å². The number of nitrogens with one attached hydrogen (secondary N) is 3. The van der Waals surface area contributed by atoms with Gasteiger partial charge in [-0.1, -0.05) is 30.3 Å². The number of H-pyrrole nitrogens is 1. The summed E-state index contributed by atoms with van der Waals surface area (Å²) in [5.74, 6) is -1.73. The topological polar surface area (TPSA) is 137 Å². The summed E-state index contributed by atoms with van der Waals surface area (Å²) in [6, 6.07) is 6.77. The Morgan fingerprint density at radius 3 is 2.47 bits per heavy atom. The molecule has 30 heavy (non-hydrogen) atoms. The van der Waals surface area contributed by atoms with Crippen LogP contribution in [0.1, 0.15) is 11.3 Å². The molecule has 1 fully saturated rings. The fourth-order valence-electron chi connectivity index (χ4n) is 3.15. The fourth-order valence-corrected chi connectivity index (χ4v) is 3.15. The number of carboxylic acid groups (broad SMARTS) is 1. The van der Waals surface area contributed by atoms with Crippen LogP contribution in [0, 0.1) is 0 Å². The molecule has 1 aliphatic rings. The van der Waals surface area contributed by atoms with Gasteiger partial charge in [0.05, 0.1) is 19.5 Å². The Bertz CT molecular complexity index is 837. The summed E-state index contributed by atoms with van der Waals surface area (Å²) in [4.78, 5) is 45.5. The van der Waals surface area contributed by atoms with Crippen molar-refractivity contribution in [2.45, 2.75) is 24.9 Å². The van der Waals surface area contributed by atoms with Crippen LogP contribution in [0.3, 0.4) is 0 Å². The Morgan fingerprint density at radius 1 is 1.10 bits per heavy atom. The molecule has 1 aromatic heterocycles. The van der Waals surface area contributed by atoms with Gasteiger partial charge in [-0.3, -0.25) is 4.79 Å². The molecule has 3 amide bonds. The van der Waals surface area contributed by atoms with Crippen LogP contribution in [0.25, 0.3) is 0 Å². The minimum Gasteiger partial charge on any atom is -0.480 e. The van der Waals surface area contributed by atoms with Crippen molar-refractivity contribution in [3.05, 3.63) is 54.1 Å². The average molecular weight is 415 g/mol. The maximum atomic E-state index is 13.0. The molecule has 0 radical (unpaired) electrons. The number of morpholine rings is 1. The molecule has 1 saturated heterocycles. The number of benzene rings is 1. The molecule has 10 heteroatoms. The maximum absolute atomic E-state index is 13.0. The third-order valence-electron chi connectivity index (χ3n) is 4.79. The summed E-state index contributed by atoms with van der Waals surface area (Å²) in [6.07, 6.45) is 3.23. The van der Waals surface area contributed by atoms with E-state index in [2.05, 4.69) is 20.6 Å². The fraction of sp³-hybridized carbons (Fsp3) is 0.400. The molecule has 0 saturated carbocycles. The molecule has 1 aromatic carbocycles. The number of amides is 3. The number of rotatable bonds is 8. The molecule has 1 aliphatic heterocycles. The zero-order valence-electron chi connectivity index (χ0n) is 16.4. The van der Waals surface area contributed by atoms with Crippen LogP contribution < -0.4 is 10.6 Å². The lowest BCUT2D eigenvalue weighted by Gasteiger charge is -2.29. The monoisotopic (exact) mass is 415 g/mol. The van der Waals surface area contributed by atoms with Gasteiger partial charge in [0.2, 0.25) is 5.91 Å². The van der Waals surface area contributed by atoms with E-state index in [9.17, 15) is 19.5 Å². The van der Waals surface area contributed by atoms with Crippen molar-refractivity contribution in [3.8, 4) is 0 Å². The van der Waals surface area contributed by atoms with Crippen molar-refractivity contribution in [2.24, 2.45) is 0 Å². The van der Waals surface area contributed by atoms with Crippen LogP contribution in [0.5, 0.6) is 0 Å². The average Bonchev–Trinajstić information content (AvgIpc) is 3.27. The molecule has 2 heterocycles. The molecular weight excluding hydrogens is 390 g/mol. The molecule has 160 valence electrons. The van der Waals surface area contributed by atoms with E-state index in [1.807, 2.05) is 30.3 Å². The third kappa shape index (κ3) is 6.05. The predicted octanol–water partition coefficient (Wildman–Crippen LogP) is 0.175. The minimum atomic E-state index is -1.17. The minimum absolute atomic E-state index is 0.0521. The quantitative estimate of drug-likeness (QED) is 0.485. The van der Waals surface area contributed by atoms with Crippen LogP contribution in [-0.4, -0.2) is 76.3 Å². The number of imidazole rings is 1. The van der Waals surface area contributed by atoms with Gasteiger partial charge in [0.25, 0.3) is 0 Å². The van der Waals surface area contributed by atoms with Gasteiger partial charge in [-0.25, -0.2) is 14.6 Å². The maximum Gasteiger partial charge on any atom is 0.326 e. The molecule has 2 atom stereocenters. The summed E-state index contributed by atoms with van der Waals surface area (Å²) in [5, 5.41) is 14.8. The summed E-state index contributed by atoms with van der Waals surface area (Å²) < 4.78 is 5.25. The number of aromatic nitrogens is 2. The van der Waals surface area contributed by atoms with Gasteiger partial charge >= 0.3 is 12.0 Å². The first-order chi connectivity index (χ1) is 14.5. The lowest BCUT2D eigenvalue weighted by Crippen LogP contribution is -2.56. The van der Waals surface area contributed by atoms with Gasteiger partial charge in [-0.15, -0.1) is 0 Å². The molecule has 0 unspecified atom stereocenters. The van der Waals surface area contributed by atoms with Gasteiger partial charge in [0.1, 0.15) is 12.1 Å². The number of aromatic amines is 1. The number of hydrogen-bond acceptors (Lipinski definition) is 5. The van der Waals surface area contributed by atoms with Gasteiger partial charge in [-0.2, -0.15) is 0 Å². The second kappa shape index (κ2) is 10.4. The zero-order chi connectivity index (χ0) is 21.3. The Labute approximate surface area is 173 Å². The van der Waals surface area contributed by atoms with E-state index in [1.54, 1.807) is 4.90 Å². The second-order valence-corrected chi connectivity index (χ2v) is 6.97. The lowest BCUT2D eigenvalue weighted by atomic mass is 10.0. The number of urea groups is 1. The Morgan fingerprint density at radius 2 is 1.83 bits per heavy atom. The van der Waals surface area contributed by atoms with Crippen molar-refractivity contribution in [1.82, 2.24) is 25.5 Å². The van der Waals surface area contributed by atoms with Crippen molar-refractivity contribution < 1.29 is 24.2 Å². The number of hydrogen-bond donors (Lipinski definition) is 4. The van der Waals surface area contributed by atoms with E-state index < -0.39 is 24.0 Å². The molecule has 10 nitrogen and oxygen atoms in total. The highest BCUT2D eigenvalue weighted by Crippen LogP contribution is 2.07. The van der Waals surface area contributed by atoms with E-state index in [1.165, 1.54) is 12.5 Å². The van der Waals surface area contributed by atoms with Crippen LogP contribution in [0.15, 0.2) is 42.9 Å². The molecule has 0 bridgehead atoms. The first kappa shape index (κ1) is 21.3. The Hall–Kier alpha value is -3.40. The summed E-state index contributed by atoms with van der Waals surface area (Å²) >= 11 is 0. The summed E-state index contributed by atoms with van der Waals surface area (Å²) in [6.45, 7) is 1.74. The first-order valence-electron chi connectivity index (χ1n) is 9.70. The molecule has 3 rings (SSSR count). The largest absolute Gasteiger partial charge is 0.480 e. The van der Waals surface area contributed by atoms with Gasteiger partial charge in [0, 0.05) is 37.8 Å². The second-order valence-electron chi connectivity index (χ2n) is 6.97. The van der Waals surface area contributed by atoms with Crippen molar-refractivity contribution in [1.29, 1.82) is 0 Å².